The average molecular weight is 477 g/mol. The fraction of sp³-hybridized carbons (Fsp3) is 0.208. The van der Waals surface area contributed by atoms with Gasteiger partial charge in [0.15, 0.2) is 0 Å². The molecule has 9 heteroatoms. The number of hydrogen-bond donors (Lipinski definition) is 1. The number of hydrogen-bond acceptors (Lipinski definition) is 3. The van der Waals surface area contributed by atoms with Crippen molar-refractivity contribution in [2.45, 2.75) is 30.5 Å². The maximum Gasteiger partial charge on any atom is 0.416 e. The molecule has 0 heterocycles. The number of nitrogens with one attached hydrogen (secondary N) is 1. The van der Waals surface area contributed by atoms with Gasteiger partial charge in [0.05, 0.1) is 22.2 Å². The summed E-state index contributed by atoms with van der Waals surface area (Å²) in [5.41, 5.74) is -0.425. The molecule has 3 rings (SSSR count). The predicted molar refractivity (Wildman–Crippen MR) is 120 cm³/mol. The van der Waals surface area contributed by atoms with Crippen LogP contribution < -0.4 is 9.62 Å². The Hall–Kier alpha value is -3.33. The molecule has 5 nitrogen and oxygen atoms in total. The average Bonchev–Trinajstić information content (AvgIpc) is 2.81. The number of carbonyl (C=O) groups excluding carboxylic acids is 1. The number of alkyl halides is 3. The van der Waals surface area contributed by atoms with Gasteiger partial charge in [-0.05, 0) is 42.3 Å². The monoisotopic (exact) mass is 476 g/mol. The topological polar surface area (TPSA) is 66.5 Å². The van der Waals surface area contributed by atoms with Crippen LogP contribution in [0, 0.1) is 0 Å². The van der Waals surface area contributed by atoms with Gasteiger partial charge in [-0.3, -0.25) is 9.10 Å². The van der Waals surface area contributed by atoms with E-state index in [1.54, 1.807) is 6.07 Å². The summed E-state index contributed by atoms with van der Waals surface area (Å²) >= 11 is 0. The second kappa shape index (κ2) is 10.1. The molecule has 3 aromatic rings. The van der Waals surface area contributed by atoms with Gasteiger partial charge in [-0.1, -0.05) is 61.5 Å². The van der Waals surface area contributed by atoms with E-state index in [4.69, 9.17) is 0 Å². The summed E-state index contributed by atoms with van der Waals surface area (Å²) in [5.74, 6) is -0.636. The first-order valence-corrected chi connectivity index (χ1v) is 11.7. The van der Waals surface area contributed by atoms with Crippen molar-refractivity contribution in [1.29, 1.82) is 0 Å². The summed E-state index contributed by atoms with van der Waals surface area (Å²) in [4.78, 5) is 12.8. The highest BCUT2D eigenvalue weighted by Crippen LogP contribution is 2.33. The van der Waals surface area contributed by atoms with E-state index >= 15 is 0 Å². The minimum atomic E-state index is -4.67. The van der Waals surface area contributed by atoms with Gasteiger partial charge in [-0.25, -0.2) is 8.42 Å². The molecule has 0 aliphatic rings. The van der Waals surface area contributed by atoms with Crippen LogP contribution in [-0.2, 0) is 21.0 Å². The molecule has 33 heavy (non-hydrogen) atoms. The van der Waals surface area contributed by atoms with Crippen LogP contribution in [-0.4, -0.2) is 20.9 Å². The molecular weight excluding hydrogens is 453 g/mol. The second-order valence-electron chi connectivity index (χ2n) is 7.31. The zero-order valence-corrected chi connectivity index (χ0v) is 18.6. The standard InChI is InChI=1S/C24H23F3N2O3S/c1-2-22(18-10-5-3-6-11-18)28-23(30)17-29(33(31,32)21-14-7-4-8-15-21)20-13-9-12-19(16-20)24(25,26)27/h3-16,22H,2,17H2,1H3,(H,28,30). The van der Waals surface area contributed by atoms with Crippen LogP contribution >= 0.6 is 0 Å². The second-order valence-corrected chi connectivity index (χ2v) is 9.17. The molecule has 0 saturated carbocycles. The fourth-order valence-corrected chi connectivity index (χ4v) is 4.78. The molecular formula is C24H23F3N2O3S. The van der Waals surface area contributed by atoms with Gasteiger partial charge in [0, 0.05) is 0 Å². The Morgan fingerprint density at radius 1 is 0.939 bits per heavy atom. The van der Waals surface area contributed by atoms with Gasteiger partial charge in [0.25, 0.3) is 10.0 Å². The van der Waals surface area contributed by atoms with E-state index in [0.29, 0.717) is 10.7 Å². The third-order valence-corrected chi connectivity index (χ3v) is 6.81. The summed E-state index contributed by atoms with van der Waals surface area (Å²) in [6, 6.07) is 19.9. The number of anilines is 1. The number of benzene rings is 3. The quantitative estimate of drug-likeness (QED) is 0.488. The van der Waals surface area contributed by atoms with E-state index in [-0.39, 0.29) is 16.6 Å². The highest BCUT2D eigenvalue weighted by molar-refractivity contribution is 7.92. The van der Waals surface area contributed by atoms with Crippen molar-refractivity contribution in [3.05, 3.63) is 96.1 Å². The Morgan fingerprint density at radius 2 is 1.55 bits per heavy atom. The minimum Gasteiger partial charge on any atom is -0.348 e. The lowest BCUT2D eigenvalue weighted by molar-refractivity contribution is -0.137. The number of sulfonamides is 1. The maximum absolute atomic E-state index is 13.3. The third-order valence-electron chi connectivity index (χ3n) is 5.03. The van der Waals surface area contributed by atoms with E-state index in [2.05, 4.69) is 5.32 Å². The summed E-state index contributed by atoms with van der Waals surface area (Å²) in [7, 11) is -4.31. The molecule has 1 N–H and O–H groups in total. The van der Waals surface area contributed by atoms with Crippen molar-refractivity contribution in [1.82, 2.24) is 5.32 Å². The number of halogens is 3. The van der Waals surface area contributed by atoms with Crippen LogP contribution in [0.1, 0.15) is 30.5 Å². The van der Waals surface area contributed by atoms with Gasteiger partial charge >= 0.3 is 6.18 Å². The number of amides is 1. The fourth-order valence-electron chi connectivity index (χ4n) is 3.35. The van der Waals surface area contributed by atoms with Crippen LogP contribution in [0.15, 0.2) is 89.8 Å². The molecule has 0 saturated heterocycles. The molecule has 1 atom stereocenters. The lowest BCUT2D eigenvalue weighted by Gasteiger charge is -2.26. The third kappa shape index (κ3) is 5.92. The predicted octanol–water partition coefficient (Wildman–Crippen LogP) is 5.17. The SMILES string of the molecule is CCC(NC(=O)CN(c1cccc(C(F)(F)F)c1)S(=O)(=O)c1ccccc1)c1ccccc1. The van der Waals surface area contributed by atoms with Crippen molar-refractivity contribution in [3.8, 4) is 0 Å². The van der Waals surface area contributed by atoms with Gasteiger partial charge in [-0.2, -0.15) is 13.2 Å². The number of carbonyl (C=O) groups is 1. The van der Waals surface area contributed by atoms with Gasteiger partial charge in [-0.15, -0.1) is 0 Å². The molecule has 174 valence electrons. The van der Waals surface area contributed by atoms with Crippen LogP contribution in [0.25, 0.3) is 0 Å². The van der Waals surface area contributed by atoms with E-state index in [0.717, 1.165) is 23.8 Å². The lowest BCUT2D eigenvalue weighted by atomic mass is 10.0. The van der Waals surface area contributed by atoms with Crippen LogP contribution in [0.3, 0.4) is 0 Å². The van der Waals surface area contributed by atoms with Crippen molar-refractivity contribution >= 4 is 21.6 Å². The van der Waals surface area contributed by atoms with Gasteiger partial charge in [0.2, 0.25) is 5.91 Å². The number of nitrogens with zero attached hydrogens (tertiary/aromatic N) is 1. The first-order chi connectivity index (χ1) is 15.6. The molecule has 0 fully saturated rings. The van der Waals surface area contributed by atoms with Crippen molar-refractivity contribution in [3.63, 3.8) is 0 Å². The van der Waals surface area contributed by atoms with Crippen LogP contribution in [0.2, 0.25) is 0 Å². The lowest BCUT2D eigenvalue weighted by Crippen LogP contribution is -2.42. The molecule has 3 aromatic carbocycles. The first-order valence-electron chi connectivity index (χ1n) is 10.2. The zero-order chi connectivity index (χ0) is 24.1. The Kier molecular flexibility index (Phi) is 7.43. The van der Waals surface area contributed by atoms with Crippen molar-refractivity contribution in [2.24, 2.45) is 0 Å². The number of rotatable bonds is 8. The normalized spacial score (nSPS) is 12.7. The zero-order valence-electron chi connectivity index (χ0n) is 17.8. The summed E-state index contributed by atoms with van der Waals surface area (Å²) < 4.78 is 67.2. The van der Waals surface area contributed by atoms with Crippen molar-refractivity contribution in [2.75, 3.05) is 10.8 Å². The Bertz CT molecular complexity index is 1180. The van der Waals surface area contributed by atoms with Gasteiger partial charge in [0.1, 0.15) is 6.54 Å². The molecule has 0 aromatic heterocycles. The van der Waals surface area contributed by atoms with E-state index < -0.39 is 34.2 Å². The summed E-state index contributed by atoms with van der Waals surface area (Å²) in [6.07, 6.45) is -4.12. The van der Waals surface area contributed by atoms with Gasteiger partial charge < -0.3 is 5.32 Å². The molecule has 0 aliphatic heterocycles. The highest BCUT2D eigenvalue weighted by Gasteiger charge is 2.33. The summed E-state index contributed by atoms with van der Waals surface area (Å²) in [6.45, 7) is 1.19. The maximum atomic E-state index is 13.3. The van der Waals surface area contributed by atoms with E-state index in [1.807, 2.05) is 37.3 Å². The van der Waals surface area contributed by atoms with E-state index in [9.17, 15) is 26.4 Å². The van der Waals surface area contributed by atoms with E-state index in [1.165, 1.54) is 30.3 Å². The highest BCUT2D eigenvalue weighted by atomic mass is 32.2. The molecule has 0 bridgehead atoms. The molecule has 0 spiro atoms. The molecule has 1 unspecified atom stereocenters. The van der Waals surface area contributed by atoms with Crippen LogP contribution in [0.5, 0.6) is 0 Å². The van der Waals surface area contributed by atoms with Crippen molar-refractivity contribution < 1.29 is 26.4 Å². The molecule has 0 aliphatic carbocycles. The minimum absolute atomic E-state index is 0.134. The Morgan fingerprint density at radius 3 is 2.12 bits per heavy atom. The molecule has 1 amide bonds. The summed E-state index contributed by atoms with van der Waals surface area (Å²) in [5, 5.41) is 2.78. The smallest absolute Gasteiger partial charge is 0.348 e. The first kappa shape index (κ1) is 24.3. The largest absolute Gasteiger partial charge is 0.416 e. The molecule has 0 radical (unpaired) electrons. The Labute approximate surface area is 190 Å². The Balaban J connectivity index is 1.97. The van der Waals surface area contributed by atoms with Crippen LogP contribution in [0.4, 0.5) is 18.9 Å².